The van der Waals surface area contributed by atoms with Crippen LogP contribution < -0.4 is 15.8 Å². The van der Waals surface area contributed by atoms with Gasteiger partial charge in [0.15, 0.2) is 0 Å². The first-order chi connectivity index (χ1) is 23.8. The summed E-state index contributed by atoms with van der Waals surface area (Å²) in [6.45, 7) is 17.9. The molecule has 0 saturated carbocycles. The molecule has 0 bridgehead atoms. The fraction of sp³-hybridized carbons (Fsp3) is 0.447. The van der Waals surface area contributed by atoms with Gasteiger partial charge in [0.2, 0.25) is 0 Å². The quantitative estimate of drug-likeness (QED) is 0.0675. The largest absolute Gasteiger partial charge is 0.521 e. The fourth-order valence-corrected chi connectivity index (χ4v) is 11.3. The maximum absolute atomic E-state index is 13.6. The Labute approximate surface area is 302 Å². The van der Waals surface area contributed by atoms with Crippen LogP contribution in [0.5, 0.6) is 0 Å². The minimum atomic E-state index is -3.11. The van der Waals surface area contributed by atoms with Crippen LogP contribution in [-0.2, 0) is 28.9 Å². The highest BCUT2D eigenvalue weighted by atomic mass is 32.1. The zero-order chi connectivity index (χ0) is 35.8. The van der Waals surface area contributed by atoms with Gasteiger partial charge in [-0.05, 0) is 92.5 Å². The molecule has 0 atom stereocenters. The van der Waals surface area contributed by atoms with Crippen molar-refractivity contribution in [3.63, 3.8) is 0 Å². The van der Waals surface area contributed by atoms with E-state index in [9.17, 15) is 14.9 Å². The van der Waals surface area contributed by atoms with Crippen molar-refractivity contribution in [2.24, 2.45) is 0 Å². The Bertz CT molecular complexity index is 2030. The summed E-state index contributed by atoms with van der Waals surface area (Å²) in [7, 11) is -3.11. The predicted molar refractivity (Wildman–Crippen MR) is 204 cm³/mol. The lowest BCUT2D eigenvalue weighted by atomic mass is 9.69. The number of anilines is 1. The van der Waals surface area contributed by atoms with Crippen LogP contribution in [0.25, 0.3) is 37.2 Å². The topological polar surface area (TPSA) is 114 Å². The van der Waals surface area contributed by atoms with Crippen molar-refractivity contribution < 1.29 is 22.5 Å². The second-order valence-corrected chi connectivity index (χ2v) is 18.8. The van der Waals surface area contributed by atoms with Crippen LogP contribution in [0, 0.1) is 11.3 Å². The van der Waals surface area contributed by atoms with Crippen LogP contribution in [0.15, 0.2) is 51.2 Å². The molecule has 0 fully saturated rings. The molecule has 2 aliphatic heterocycles. The van der Waals surface area contributed by atoms with Crippen LogP contribution in [0.1, 0.15) is 77.3 Å². The summed E-state index contributed by atoms with van der Waals surface area (Å²) in [5.74, 6) is -0.519. The summed E-state index contributed by atoms with van der Waals surface area (Å²) in [4.78, 5) is 32.7. The zero-order valence-corrected chi connectivity index (χ0v) is 32.5. The molecular formula is C38H45N3O6S2Si. The molecule has 0 radical (unpaired) electrons. The lowest BCUT2D eigenvalue weighted by Gasteiger charge is -2.48. The summed E-state index contributed by atoms with van der Waals surface area (Å²) in [6.07, 6.45) is 3.74. The summed E-state index contributed by atoms with van der Waals surface area (Å²) in [5, 5.41) is 13.6. The van der Waals surface area contributed by atoms with E-state index in [-0.39, 0.29) is 28.2 Å². The molecule has 0 unspecified atom stereocenters. The van der Waals surface area contributed by atoms with E-state index in [0.29, 0.717) is 31.0 Å². The first kappa shape index (κ1) is 36.2. The third-order valence-electron chi connectivity index (χ3n) is 9.68. The minimum Gasteiger partial charge on any atom is -0.422 e. The van der Waals surface area contributed by atoms with Gasteiger partial charge in [-0.3, -0.25) is 4.79 Å². The molecule has 0 aliphatic carbocycles. The number of hydrogen-bond donors (Lipinski definition) is 1. The van der Waals surface area contributed by atoms with E-state index in [1.807, 2.05) is 57.2 Å². The van der Waals surface area contributed by atoms with Crippen molar-refractivity contribution >= 4 is 60.1 Å². The third-order valence-corrected chi connectivity index (χ3v) is 14.8. The van der Waals surface area contributed by atoms with Gasteiger partial charge in [0.1, 0.15) is 17.2 Å². The molecule has 9 nitrogen and oxygen atoms in total. The average molecular weight is 732 g/mol. The van der Waals surface area contributed by atoms with Gasteiger partial charge in [0.05, 0.1) is 11.7 Å². The van der Waals surface area contributed by atoms with Crippen molar-refractivity contribution in [3.8, 4) is 26.3 Å². The molecule has 1 amide bonds. The first-order valence-corrected chi connectivity index (χ1v) is 20.8. The number of carbonyl (C=O) groups is 1. The molecule has 0 spiro atoms. The lowest BCUT2D eigenvalue weighted by molar-refractivity contribution is -0.117. The van der Waals surface area contributed by atoms with E-state index in [0.717, 1.165) is 56.4 Å². The van der Waals surface area contributed by atoms with Gasteiger partial charge in [0.25, 0.3) is 5.91 Å². The van der Waals surface area contributed by atoms with Gasteiger partial charge in [-0.15, -0.1) is 22.7 Å². The van der Waals surface area contributed by atoms with Crippen molar-refractivity contribution in [1.82, 2.24) is 5.32 Å². The maximum atomic E-state index is 13.6. The summed E-state index contributed by atoms with van der Waals surface area (Å²) in [5.41, 5.74) is 4.54. The van der Waals surface area contributed by atoms with Gasteiger partial charge < -0.3 is 27.9 Å². The molecule has 3 aromatic heterocycles. The Hall–Kier alpha value is -3.57. The van der Waals surface area contributed by atoms with Crippen molar-refractivity contribution in [1.29, 1.82) is 5.26 Å². The third kappa shape index (κ3) is 6.87. The van der Waals surface area contributed by atoms with Gasteiger partial charge in [-0.25, -0.2) is 4.79 Å². The first-order valence-electron chi connectivity index (χ1n) is 17.3. The molecule has 264 valence electrons. The number of nitrogens with zero attached hydrogens (tertiary/aromatic N) is 2. The van der Waals surface area contributed by atoms with Crippen LogP contribution >= 0.6 is 22.7 Å². The SMILES string of the molecule is CCO[Si](CNC(=O)/C(C#N)=C/c1ccc(-c2ccc(-c3cc4cc5c6c(c4oc3=O)C(C)(C)CCN6CCC5(C)C)s2)s1)(OCC)OCC. The molecule has 1 aromatic carbocycles. The Morgan fingerprint density at radius 1 is 0.960 bits per heavy atom. The fourth-order valence-electron chi connectivity index (χ4n) is 7.01. The highest BCUT2D eigenvalue weighted by Gasteiger charge is 2.43. The second-order valence-electron chi connectivity index (χ2n) is 14.0. The lowest BCUT2D eigenvalue weighted by Crippen LogP contribution is -2.55. The van der Waals surface area contributed by atoms with Gasteiger partial charge >= 0.3 is 14.4 Å². The number of rotatable bonds is 12. The number of fused-ring (bicyclic) bond motifs is 2. The average Bonchev–Trinajstić information content (AvgIpc) is 3.75. The van der Waals surface area contributed by atoms with Crippen molar-refractivity contribution in [3.05, 3.63) is 68.4 Å². The molecule has 6 rings (SSSR count). The predicted octanol–water partition coefficient (Wildman–Crippen LogP) is 8.03. The van der Waals surface area contributed by atoms with Crippen molar-refractivity contribution in [2.75, 3.05) is 44.0 Å². The normalized spacial score (nSPS) is 16.7. The van der Waals surface area contributed by atoms with E-state index in [2.05, 4.69) is 44.0 Å². The van der Waals surface area contributed by atoms with E-state index < -0.39 is 14.7 Å². The highest BCUT2D eigenvalue weighted by Crippen LogP contribution is 2.52. The van der Waals surface area contributed by atoms with E-state index >= 15 is 0 Å². The number of hydrogen-bond acceptors (Lipinski definition) is 10. The van der Waals surface area contributed by atoms with E-state index in [4.69, 9.17) is 17.7 Å². The Balaban J connectivity index is 1.27. The maximum Gasteiger partial charge on any atom is 0.521 e. The van der Waals surface area contributed by atoms with Crippen LogP contribution in [0.3, 0.4) is 0 Å². The number of nitrogens with one attached hydrogen (secondary N) is 1. The number of carbonyl (C=O) groups excluding carboxylic acids is 1. The number of thiophene rings is 2. The summed E-state index contributed by atoms with van der Waals surface area (Å²) < 4.78 is 23.7. The number of benzene rings is 1. The van der Waals surface area contributed by atoms with Crippen LogP contribution in [-0.4, -0.2) is 53.8 Å². The molecular weight excluding hydrogens is 687 g/mol. The van der Waals surface area contributed by atoms with Gasteiger partial charge in [0, 0.05) is 69.1 Å². The molecule has 50 heavy (non-hydrogen) atoms. The zero-order valence-electron chi connectivity index (χ0n) is 29.9. The van der Waals surface area contributed by atoms with Crippen LogP contribution in [0.2, 0.25) is 0 Å². The van der Waals surface area contributed by atoms with E-state index in [1.54, 1.807) is 6.08 Å². The Kier molecular flexibility index (Phi) is 10.3. The second kappa shape index (κ2) is 14.2. The number of amides is 1. The number of nitriles is 1. The molecule has 1 N–H and O–H groups in total. The smallest absolute Gasteiger partial charge is 0.422 e. The molecule has 12 heteroatoms. The monoisotopic (exact) mass is 731 g/mol. The molecule has 2 aliphatic rings. The standard InChI is InChI=1S/C38H45N3O6S2Si/c1-8-44-50(45-9-2,46-10-3)23-40-35(42)25(22-39)19-26-11-12-30(48-26)31-14-13-29(49-31)27-20-24-21-28-33-32(34(24)47-36(27)43)38(6,7)16-18-41(33)17-15-37(28,4)5/h11-14,19-21H,8-10,15-18,23H2,1-7H3,(H,40,42)/b25-19+. The van der Waals surface area contributed by atoms with Gasteiger partial charge in [-0.1, -0.05) is 27.7 Å². The minimum absolute atomic E-state index is 0.0225. The van der Waals surface area contributed by atoms with Crippen LogP contribution in [0.4, 0.5) is 5.69 Å². The molecule has 4 aromatic rings. The van der Waals surface area contributed by atoms with Crippen molar-refractivity contribution in [2.45, 2.75) is 72.1 Å². The Morgan fingerprint density at radius 3 is 2.24 bits per heavy atom. The van der Waals surface area contributed by atoms with Gasteiger partial charge in [-0.2, -0.15) is 5.26 Å². The van der Waals surface area contributed by atoms with E-state index in [1.165, 1.54) is 33.9 Å². The summed E-state index contributed by atoms with van der Waals surface area (Å²) >= 11 is 2.99. The Morgan fingerprint density at radius 2 is 1.58 bits per heavy atom. The molecule has 0 saturated heterocycles. The molecule has 5 heterocycles. The highest BCUT2D eigenvalue weighted by molar-refractivity contribution is 7.24. The summed E-state index contributed by atoms with van der Waals surface area (Å²) in [6, 6.07) is 14.1.